The molecule has 6 heteroatoms. The molecule has 116 valence electrons. The lowest BCUT2D eigenvalue weighted by molar-refractivity contribution is -0.117. The highest BCUT2D eigenvalue weighted by Gasteiger charge is 2.31. The van der Waals surface area contributed by atoms with Crippen molar-refractivity contribution in [2.45, 2.75) is 13.0 Å². The summed E-state index contributed by atoms with van der Waals surface area (Å²) in [5, 5.41) is 2.93. The SMILES string of the molecule is CC1CN(CC(=O)Nc2ccc(N)cc2Br)CC1N(C)C. The Morgan fingerprint density at radius 3 is 2.76 bits per heavy atom. The summed E-state index contributed by atoms with van der Waals surface area (Å²) in [6, 6.07) is 5.89. The van der Waals surface area contributed by atoms with E-state index in [4.69, 9.17) is 5.73 Å². The van der Waals surface area contributed by atoms with Gasteiger partial charge in [0.2, 0.25) is 5.91 Å². The van der Waals surface area contributed by atoms with E-state index in [0.717, 1.165) is 23.2 Å². The molecule has 1 aliphatic rings. The molecule has 0 saturated carbocycles. The van der Waals surface area contributed by atoms with Crippen molar-refractivity contribution in [3.8, 4) is 0 Å². The quantitative estimate of drug-likeness (QED) is 0.810. The number of likely N-dealkylation sites (N-methyl/N-ethyl adjacent to an activating group) is 1. The van der Waals surface area contributed by atoms with E-state index in [9.17, 15) is 4.79 Å². The van der Waals surface area contributed by atoms with Crippen LogP contribution in [0.25, 0.3) is 0 Å². The maximum atomic E-state index is 12.2. The molecule has 1 amide bonds. The number of nitrogens with zero attached hydrogens (tertiary/aromatic N) is 2. The maximum Gasteiger partial charge on any atom is 0.238 e. The Morgan fingerprint density at radius 1 is 1.48 bits per heavy atom. The second-order valence-corrected chi connectivity index (χ2v) is 6.84. The summed E-state index contributed by atoms with van der Waals surface area (Å²) in [7, 11) is 4.19. The first kappa shape index (κ1) is 16.3. The van der Waals surface area contributed by atoms with Crippen molar-refractivity contribution in [1.29, 1.82) is 0 Å². The lowest BCUT2D eigenvalue weighted by Gasteiger charge is -2.22. The fraction of sp³-hybridized carbons (Fsp3) is 0.533. The molecule has 1 heterocycles. The first-order valence-corrected chi connectivity index (χ1v) is 7.89. The van der Waals surface area contributed by atoms with Crippen LogP contribution >= 0.6 is 15.9 Å². The van der Waals surface area contributed by atoms with Crippen molar-refractivity contribution in [2.24, 2.45) is 5.92 Å². The monoisotopic (exact) mass is 354 g/mol. The molecule has 0 spiro atoms. The Kier molecular flexibility index (Phi) is 5.24. The van der Waals surface area contributed by atoms with Crippen LogP contribution in [-0.4, -0.2) is 55.5 Å². The summed E-state index contributed by atoms with van der Waals surface area (Å²) in [5.74, 6) is 0.586. The van der Waals surface area contributed by atoms with E-state index >= 15 is 0 Å². The van der Waals surface area contributed by atoms with Crippen molar-refractivity contribution in [1.82, 2.24) is 9.80 Å². The van der Waals surface area contributed by atoms with Crippen LogP contribution < -0.4 is 11.1 Å². The molecular weight excluding hydrogens is 332 g/mol. The van der Waals surface area contributed by atoms with Crippen molar-refractivity contribution in [3.63, 3.8) is 0 Å². The fourth-order valence-electron chi connectivity index (χ4n) is 2.87. The van der Waals surface area contributed by atoms with Crippen LogP contribution in [0.1, 0.15) is 6.92 Å². The number of hydrogen-bond acceptors (Lipinski definition) is 4. The third-order valence-corrected chi connectivity index (χ3v) is 4.60. The summed E-state index contributed by atoms with van der Waals surface area (Å²) in [6.45, 7) is 4.55. The van der Waals surface area contributed by atoms with Crippen LogP contribution in [0.4, 0.5) is 11.4 Å². The summed E-state index contributed by atoms with van der Waals surface area (Å²) >= 11 is 3.41. The first-order chi connectivity index (χ1) is 9.86. The first-order valence-electron chi connectivity index (χ1n) is 7.10. The molecule has 0 radical (unpaired) electrons. The predicted octanol–water partition coefficient (Wildman–Crippen LogP) is 1.85. The average molecular weight is 355 g/mol. The molecule has 2 unspecified atom stereocenters. The molecule has 1 saturated heterocycles. The number of halogens is 1. The van der Waals surface area contributed by atoms with Gasteiger partial charge in [-0.15, -0.1) is 0 Å². The highest BCUT2D eigenvalue weighted by molar-refractivity contribution is 9.10. The zero-order chi connectivity index (χ0) is 15.6. The minimum absolute atomic E-state index is 0.00655. The van der Waals surface area contributed by atoms with Gasteiger partial charge in [0.25, 0.3) is 0 Å². The van der Waals surface area contributed by atoms with Gasteiger partial charge in [-0.25, -0.2) is 0 Å². The minimum Gasteiger partial charge on any atom is -0.399 e. The Labute approximate surface area is 134 Å². The van der Waals surface area contributed by atoms with Crippen LogP contribution in [0.15, 0.2) is 22.7 Å². The van der Waals surface area contributed by atoms with Crippen molar-refractivity contribution < 1.29 is 4.79 Å². The smallest absolute Gasteiger partial charge is 0.238 e. The van der Waals surface area contributed by atoms with Crippen LogP contribution in [-0.2, 0) is 4.79 Å². The number of nitrogens with one attached hydrogen (secondary N) is 1. The number of anilines is 2. The maximum absolute atomic E-state index is 12.2. The van der Waals surface area contributed by atoms with E-state index in [0.29, 0.717) is 24.2 Å². The molecule has 5 nitrogen and oxygen atoms in total. The topological polar surface area (TPSA) is 61.6 Å². The van der Waals surface area contributed by atoms with Crippen LogP contribution in [0.3, 0.4) is 0 Å². The Morgan fingerprint density at radius 2 is 2.19 bits per heavy atom. The number of amides is 1. The molecule has 21 heavy (non-hydrogen) atoms. The predicted molar refractivity (Wildman–Crippen MR) is 90.3 cm³/mol. The molecule has 2 atom stereocenters. The molecule has 1 aromatic rings. The van der Waals surface area contributed by atoms with Crippen LogP contribution in [0, 0.1) is 5.92 Å². The molecule has 1 aromatic carbocycles. The third kappa shape index (κ3) is 4.18. The highest BCUT2D eigenvalue weighted by atomic mass is 79.9. The Hall–Kier alpha value is -1.11. The largest absolute Gasteiger partial charge is 0.399 e. The van der Waals surface area contributed by atoms with Gasteiger partial charge in [0.1, 0.15) is 0 Å². The van der Waals surface area contributed by atoms with Gasteiger partial charge < -0.3 is 16.0 Å². The van der Waals surface area contributed by atoms with E-state index < -0.39 is 0 Å². The molecule has 1 fully saturated rings. The lowest BCUT2D eigenvalue weighted by Crippen LogP contribution is -2.36. The number of carbonyl (C=O) groups excluding carboxylic acids is 1. The second kappa shape index (κ2) is 6.77. The van der Waals surface area contributed by atoms with Crippen molar-refractivity contribution >= 4 is 33.2 Å². The number of nitrogen functional groups attached to an aromatic ring is 1. The van der Waals surface area contributed by atoms with Gasteiger partial charge in [0.05, 0.1) is 12.2 Å². The van der Waals surface area contributed by atoms with E-state index in [1.165, 1.54) is 0 Å². The van der Waals surface area contributed by atoms with Crippen molar-refractivity contribution in [3.05, 3.63) is 22.7 Å². The van der Waals surface area contributed by atoms with Crippen molar-refractivity contribution in [2.75, 3.05) is 44.8 Å². The molecular formula is C15H23BrN4O. The zero-order valence-corrected chi connectivity index (χ0v) is 14.4. The minimum atomic E-state index is 0.00655. The van der Waals surface area contributed by atoms with E-state index in [1.807, 2.05) is 6.07 Å². The normalized spacial score (nSPS) is 22.7. The number of hydrogen-bond donors (Lipinski definition) is 2. The molecule has 0 bridgehead atoms. The number of likely N-dealkylation sites (tertiary alicyclic amines) is 1. The molecule has 0 aromatic heterocycles. The number of nitrogens with two attached hydrogens (primary N) is 1. The summed E-state index contributed by atoms with van der Waals surface area (Å²) < 4.78 is 0.803. The molecule has 1 aliphatic heterocycles. The van der Waals surface area contributed by atoms with E-state index in [1.54, 1.807) is 12.1 Å². The van der Waals surface area contributed by atoms with E-state index in [2.05, 4.69) is 52.1 Å². The van der Waals surface area contributed by atoms with Gasteiger partial charge in [-0.05, 0) is 54.1 Å². The second-order valence-electron chi connectivity index (χ2n) is 5.99. The van der Waals surface area contributed by atoms with Gasteiger partial charge in [0.15, 0.2) is 0 Å². The lowest BCUT2D eigenvalue weighted by atomic mass is 10.1. The standard InChI is InChI=1S/C15H23BrN4O/c1-10-7-20(8-14(10)19(2)3)9-15(21)18-13-5-4-11(17)6-12(13)16/h4-6,10,14H,7-9,17H2,1-3H3,(H,18,21). The summed E-state index contributed by atoms with van der Waals surface area (Å²) in [5.41, 5.74) is 7.12. The summed E-state index contributed by atoms with van der Waals surface area (Å²) in [6.07, 6.45) is 0. The average Bonchev–Trinajstić information content (AvgIpc) is 2.74. The highest BCUT2D eigenvalue weighted by Crippen LogP contribution is 2.25. The number of benzene rings is 1. The fourth-order valence-corrected chi connectivity index (χ4v) is 3.37. The van der Waals surface area contributed by atoms with Crippen LogP contribution in [0.2, 0.25) is 0 Å². The molecule has 0 aliphatic carbocycles. The van der Waals surface area contributed by atoms with Gasteiger partial charge in [-0.3, -0.25) is 9.69 Å². The third-order valence-electron chi connectivity index (χ3n) is 3.95. The number of rotatable bonds is 4. The van der Waals surface area contributed by atoms with Crippen LogP contribution in [0.5, 0.6) is 0 Å². The van der Waals surface area contributed by atoms with Gasteiger partial charge >= 0.3 is 0 Å². The molecule has 3 N–H and O–H groups in total. The van der Waals surface area contributed by atoms with Gasteiger partial charge in [0, 0.05) is 29.3 Å². The Bertz CT molecular complexity index is 520. The summed E-state index contributed by atoms with van der Waals surface area (Å²) in [4.78, 5) is 16.6. The van der Waals surface area contributed by atoms with Gasteiger partial charge in [-0.2, -0.15) is 0 Å². The molecule has 2 rings (SSSR count). The zero-order valence-electron chi connectivity index (χ0n) is 12.8. The Balaban J connectivity index is 1.91. The van der Waals surface area contributed by atoms with Gasteiger partial charge in [-0.1, -0.05) is 6.92 Å². The van der Waals surface area contributed by atoms with E-state index in [-0.39, 0.29) is 5.91 Å². The number of carbonyl (C=O) groups is 1.